The standard InChI is InChI=1S/C28H38N6O2/c1-19-9-10-21-16-23(27(35)29-24(21)20(19)2)25(26-30-31-32-34(26)17-22-8-6-15-36-22)33-14-7-13-28(18-33)11-4-3-5-12-28/h9-10,16,22,25H,3-8,11-15,17-18H2,1-2H3,(H,29,35)/t22-,25+/m0/s1. The number of pyridine rings is 1. The molecule has 8 heteroatoms. The van der Waals surface area contributed by atoms with Crippen LogP contribution in [0.4, 0.5) is 0 Å². The number of likely N-dealkylation sites (tertiary alicyclic amines) is 1. The first-order valence-corrected chi connectivity index (χ1v) is 13.8. The van der Waals surface area contributed by atoms with Crippen molar-refractivity contribution in [3.05, 3.63) is 51.1 Å². The molecule has 192 valence electrons. The Balaban J connectivity index is 1.45. The number of fused-ring (bicyclic) bond motifs is 1. The molecule has 4 heterocycles. The highest BCUT2D eigenvalue weighted by Crippen LogP contribution is 2.45. The number of rotatable bonds is 5. The number of aromatic amines is 1. The maximum Gasteiger partial charge on any atom is 0.253 e. The van der Waals surface area contributed by atoms with E-state index in [1.807, 2.05) is 4.68 Å². The minimum atomic E-state index is -0.282. The van der Waals surface area contributed by atoms with Gasteiger partial charge in [-0.3, -0.25) is 9.69 Å². The second kappa shape index (κ2) is 9.71. The Morgan fingerprint density at radius 3 is 2.78 bits per heavy atom. The first kappa shape index (κ1) is 23.8. The van der Waals surface area contributed by atoms with E-state index in [0.29, 0.717) is 12.0 Å². The summed E-state index contributed by atoms with van der Waals surface area (Å²) in [5, 5.41) is 14.1. The summed E-state index contributed by atoms with van der Waals surface area (Å²) in [6.07, 6.45) is 11.2. The Morgan fingerprint density at radius 2 is 1.97 bits per heavy atom. The van der Waals surface area contributed by atoms with Crippen molar-refractivity contribution in [2.75, 3.05) is 19.7 Å². The van der Waals surface area contributed by atoms with Crippen molar-refractivity contribution >= 4 is 10.9 Å². The van der Waals surface area contributed by atoms with Crippen LogP contribution in [0.5, 0.6) is 0 Å². The predicted octanol–water partition coefficient (Wildman–Crippen LogP) is 4.45. The topological polar surface area (TPSA) is 88.9 Å². The van der Waals surface area contributed by atoms with E-state index in [0.717, 1.165) is 66.8 Å². The molecule has 8 nitrogen and oxygen atoms in total. The number of aryl methyl sites for hydroxylation is 2. The Kier molecular flexibility index (Phi) is 6.42. The lowest BCUT2D eigenvalue weighted by molar-refractivity contribution is 0.0326. The Hall–Kier alpha value is -2.58. The zero-order valence-corrected chi connectivity index (χ0v) is 21.6. The third-order valence-corrected chi connectivity index (χ3v) is 9.05. The van der Waals surface area contributed by atoms with Crippen LogP contribution in [0, 0.1) is 19.3 Å². The Bertz CT molecular complexity index is 1280. The summed E-state index contributed by atoms with van der Waals surface area (Å²) >= 11 is 0. The molecule has 6 rings (SSSR count). The van der Waals surface area contributed by atoms with Gasteiger partial charge in [0.05, 0.1) is 18.2 Å². The van der Waals surface area contributed by atoms with Gasteiger partial charge in [0.25, 0.3) is 5.56 Å². The minimum Gasteiger partial charge on any atom is -0.376 e. The molecule has 0 unspecified atom stereocenters. The van der Waals surface area contributed by atoms with Crippen molar-refractivity contribution < 1.29 is 4.74 Å². The van der Waals surface area contributed by atoms with Gasteiger partial charge in [0, 0.05) is 18.7 Å². The summed E-state index contributed by atoms with van der Waals surface area (Å²) in [6, 6.07) is 6.05. The molecule has 1 aromatic carbocycles. The van der Waals surface area contributed by atoms with Gasteiger partial charge in [-0.15, -0.1) is 5.10 Å². The van der Waals surface area contributed by atoms with Gasteiger partial charge in [-0.2, -0.15) is 0 Å². The molecule has 2 aliphatic heterocycles. The van der Waals surface area contributed by atoms with Crippen LogP contribution < -0.4 is 5.56 Å². The zero-order chi connectivity index (χ0) is 24.7. The highest BCUT2D eigenvalue weighted by Gasteiger charge is 2.41. The Morgan fingerprint density at radius 1 is 1.14 bits per heavy atom. The Labute approximate surface area is 212 Å². The van der Waals surface area contributed by atoms with Gasteiger partial charge in [-0.25, -0.2) is 4.68 Å². The van der Waals surface area contributed by atoms with Crippen LogP contribution in [0.25, 0.3) is 10.9 Å². The summed E-state index contributed by atoms with van der Waals surface area (Å²) in [5.74, 6) is 0.757. The number of tetrazole rings is 1. The van der Waals surface area contributed by atoms with Crippen molar-refractivity contribution in [2.24, 2.45) is 5.41 Å². The highest BCUT2D eigenvalue weighted by atomic mass is 16.5. The molecule has 0 radical (unpaired) electrons. The van der Waals surface area contributed by atoms with Crippen LogP contribution in [0.15, 0.2) is 23.0 Å². The molecule has 3 fully saturated rings. The quantitative estimate of drug-likeness (QED) is 0.569. The molecule has 1 N–H and O–H groups in total. The largest absolute Gasteiger partial charge is 0.376 e. The van der Waals surface area contributed by atoms with E-state index >= 15 is 0 Å². The average molecular weight is 491 g/mol. The maximum absolute atomic E-state index is 13.7. The van der Waals surface area contributed by atoms with Crippen LogP contribution >= 0.6 is 0 Å². The molecule has 3 aromatic rings. The van der Waals surface area contributed by atoms with Crippen LogP contribution in [-0.2, 0) is 11.3 Å². The third-order valence-electron chi connectivity index (χ3n) is 9.05. The average Bonchev–Trinajstić information content (AvgIpc) is 3.56. The number of nitrogens with zero attached hydrogens (tertiary/aromatic N) is 5. The molecule has 2 saturated heterocycles. The second-order valence-electron chi connectivity index (χ2n) is 11.4. The van der Waals surface area contributed by atoms with Crippen LogP contribution in [0.2, 0.25) is 0 Å². The fourth-order valence-electron chi connectivity index (χ4n) is 6.94. The van der Waals surface area contributed by atoms with E-state index in [-0.39, 0.29) is 17.7 Å². The number of H-pyrrole nitrogens is 1. The summed E-state index contributed by atoms with van der Waals surface area (Å²) in [4.78, 5) is 19.4. The van der Waals surface area contributed by atoms with Gasteiger partial charge in [-0.05, 0) is 97.3 Å². The number of ether oxygens (including phenoxy) is 1. The van der Waals surface area contributed by atoms with E-state index in [9.17, 15) is 4.79 Å². The van der Waals surface area contributed by atoms with E-state index in [2.05, 4.69) is 57.5 Å². The normalized spacial score (nSPS) is 23.4. The summed E-state index contributed by atoms with van der Waals surface area (Å²) in [5.41, 5.74) is 4.26. The van der Waals surface area contributed by atoms with Crippen LogP contribution in [-0.4, -0.2) is 55.9 Å². The fourth-order valence-corrected chi connectivity index (χ4v) is 6.94. The van der Waals surface area contributed by atoms with Crippen molar-refractivity contribution in [1.82, 2.24) is 30.1 Å². The number of benzene rings is 1. The smallest absolute Gasteiger partial charge is 0.253 e. The zero-order valence-electron chi connectivity index (χ0n) is 21.6. The van der Waals surface area contributed by atoms with E-state index in [1.54, 1.807) is 0 Å². The lowest BCUT2D eigenvalue weighted by atomic mass is 9.69. The molecular formula is C28H38N6O2. The summed E-state index contributed by atoms with van der Waals surface area (Å²) in [7, 11) is 0. The van der Waals surface area contributed by atoms with E-state index in [4.69, 9.17) is 4.74 Å². The molecule has 0 bridgehead atoms. The van der Waals surface area contributed by atoms with Gasteiger partial charge in [0.1, 0.15) is 6.04 Å². The molecule has 0 amide bonds. The molecular weight excluding hydrogens is 452 g/mol. The third kappa shape index (κ3) is 4.39. The number of piperidine rings is 1. The maximum atomic E-state index is 13.7. The van der Waals surface area contributed by atoms with Gasteiger partial charge in [-0.1, -0.05) is 31.4 Å². The van der Waals surface area contributed by atoms with Crippen LogP contribution in [0.3, 0.4) is 0 Å². The van der Waals surface area contributed by atoms with Crippen molar-refractivity contribution in [1.29, 1.82) is 0 Å². The monoisotopic (exact) mass is 490 g/mol. The van der Waals surface area contributed by atoms with Gasteiger partial charge in [0.15, 0.2) is 5.82 Å². The number of nitrogens with one attached hydrogen (secondary N) is 1. The first-order valence-electron chi connectivity index (χ1n) is 13.8. The molecule has 1 aliphatic carbocycles. The predicted molar refractivity (Wildman–Crippen MR) is 139 cm³/mol. The molecule has 3 aliphatic rings. The van der Waals surface area contributed by atoms with Gasteiger partial charge in [0.2, 0.25) is 0 Å². The second-order valence-corrected chi connectivity index (χ2v) is 11.4. The minimum absolute atomic E-state index is 0.0452. The van der Waals surface area contributed by atoms with E-state index in [1.165, 1.54) is 44.1 Å². The van der Waals surface area contributed by atoms with Crippen molar-refractivity contribution in [2.45, 2.75) is 90.3 Å². The van der Waals surface area contributed by atoms with Gasteiger partial charge >= 0.3 is 0 Å². The van der Waals surface area contributed by atoms with Gasteiger partial charge < -0.3 is 9.72 Å². The summed E-state index contributed by atoms with van der Waals surface area (Å²) in [6.45, 7) is 7.52. The van der Waals surface area contributed by atoms with Crippen molar-refractivity contribution in [3.63, 3.8) is 0 Å². The molecule has 1 spiro atoms. The molecule has 2 atom stereocenters. The highest BCUT2D eigenvalue weighted by molar-refractivity contribution is 5.83. The number of aromatic nitrogens is 5. The molecule has 2 aromatic heterocycles. The number of hydrogen-bond acceptors (Lipinski definition) is 6. The lowest BCUT2D eigenvalue weighted by Gasteiger charge is -2.47. The summed E-state index contributed by atoms with van der Waals surface area (Å²) < 4.78 is 7.81. The SMILES string of the molecule is Cc1ccc2cc([C@H](c3nnnn3C[C@@H]3CCCO3)N3CCCC4(CCCCC4)C3)c(=O)[nH]c2c1C. The molecule has 1 saturated carbocycles. The van der Waals surface area contributed by atoms with Crippen molar-refractivity contribution in [3.8, 4) is 0 Å². The first-order chi connectivity index (χ1) is 17.5. The number of hydrogen-bond donors (Lipinski definition) is 1. The molecule has 36 heavy (non-hydrogen) atoms. The van der Waals surface area contributed by atoms with E-state index < -0.39 is 0 Å². The fraction of sp³-hybridized carbons (Fsp3) is 0.643. The lowest BCUT2D eigenvalue weighted by Crippen LogP contribution is -2.47. The van der Waals surface area contributed by atoms with Crippen LogP contribution in [0.1, 0.15) is 86.3 Å².